The van der Waals surface area contributed by atoms with E-state index in [4.69, 9.17) is 11.6 Å². The number of hydrogen-bond donors (Lipinski definition) is 0. The minimum absolute atomic E-state index is 0.0391. The molecule has 7 heteroatoms. The van der Waals surface area contributed by atoms with E-state index in [1.165, 1.54) is 0 Å². The van der Waals surface area contributed by atoms with E-state index in [1.807, 2.05) is 32.0 Å². The zero-order valence-electron chi connectivity index (χ0n) is 10.6. The van der Waals surface area contributed by atoms with E-state index in [2.05, 4.69) is 15.2 Å². The molecule has 0 fully saturated rings. The van der Waals surface area contributed by atoms with E-state index in [1.54, 1.807) is 11.1 Å². The molecule has 5 nitrogen and oxygen atoms in total. The lowest BCUT2D eigenvalue weighted by Gasteiger charge is -2.25. The van der Waals surface area contributed by atoms with E-state index in [9.17, 15) is 4.79 Å². The maximum absolute atomic E-state index is 12.4. The molecule has 0 saturated carbocycles. The number of nitrogens with zero attached hydrogens (tertiary/aromatic N) is 4. The zero-order chi connectivity index (χ0) is 13.8. The second-order valence-corrected chi connectivity index (χ2v) is 5.77. The number of carbonyl (C=O) groups excluding carboxylic acids is 1. The first-order valence-electron chi connectivity index (χ1n) is 5.78. The van der Waals surface area contributed by atoms with Crippen molar-refractivity contribution in [2.24, 2.45) is 0 Å². The smallest absolute Gasteiger partial charge is 0.285 e. The minimum Gasteiger partial charge on any atom is -0.328 e. The van der Waals surface area contributed by atoms with Crippen LogP contribution in [0.1, 0.15) is 29.3 Å². The van der Waals surface area contributed by atoms with Crippen LogP contribution >= 0.6 is 22.9 Å². The number of rotatable bonds is 4. The maximum atomic E-state index is 12.4. The maximum Gasteiger partial charge on any atom is 0.285 e. The highest BCUT2D eigenvalue weighted by Gasteiger charge is 2.22. The van der Waals surface area contributed by atoms with Gasteiger partial charge in [-0.05, 0) is 37.6 Å². The van der Waals surface area contributed by atoms with Crippen LogP contribution in [0.3, 0.4) is 0 Å². The molecule has 100 valence electrons. The number of halogens is 1. The molecule has 2 aromatic rings. The Hall–Kier alpha value is -1.53. The van der Waals surface area contributed by atoms with Crippen LogP contribution in [-0.2, 0) is 6.54 Å². The summed E-state index contributed by atoms with van der Waals surface area (Å²) in [6.07, 6.45) is 1.71. The lowest BCUT2D eigenvalue weighted by atomic mass is 10.2. The summed E-state index contributed by atoms with van der Waals surface area (Å²) in [6.45, 7) is 4.33. The molecule has 0 aromatic carbocycles. The van der Waals surface area contributed by atoms with Crippen molar-refractivity contribution in [3.05, 3.63) is 39.6 Å². The molecule has 2 rings (SSSR count). The molecule has 0 atom stereocenters. The second-order valence-electron chi connectivity index (χ2n) is 4.21. The molecule has 2 heterocycles. The summed E-state index contributed by atoms with van der Waals surface area (Å²) in [7, 11) is 0. The Balaban J connectivity index is 2.19. The summed E-state index contributed by atoms with van der Waals surface area (Å²) in [5.41, 5.74) is 0.833. The van der Waals surface area contributed by atoms with Crippen molar-refractivity contribution in [2.75, 3.05) is 0 Å². The number of amides is 1. The molecular formula is C12H13ClN4OS. The molecule has 0 unspecified atom stereocenters. The molecule has 0 aliphatic rings. The predicted octanol–water partition coefficient (Wildman–Crippen LogP) is 2.64. The Morgan fingerprint density at radius 1 is 1.42 bits per heavy atom. The summed E-state index contributed by atoms with van der Waals surface area (Å²) in [6, 6.07) is 5.66. The van der Waals surface area contributed by atoms with Crippen molar-refractivity contribution < 1.29 is 4.79 Å². The van der Waals surface area contributed by atoms with Gasteiger partial charge in [-0.25, -0.2) is 0 Å². The number of pyridine rings is 1. The highest BCUT2D eigenvalue weighted by atomic mass is 35.5. The molecule has 19 heavy (non-hydrogen) atoms. The monoisotopic (exact) mass is 296 g/mol. The van der Waals surface area contributed by atoms with Crippen molar-refractivity contribution in [3.8, 4) is 0 Å². The first-order chi connectivity index (χ1) is 9.08. The van der Waals surface area contributed by atoms with Gasteiger partial charge >= 0.3 is 0 Å². The predicted molar refractivity (Wildman–Crippen MR) is 74.2 cm³/mol. The largest absolute Gasteiger partial charge is 0.328 e. The van der Waals surface area contributed by atoms with Gasteiger partial charge < -0.3 is 4.90 Å². The Morgan fingerprint density at radius 3 is 2.74 bits per heavy atom. The van der Waals surface area contributed by atoms with Gasteiger partial charge in [0.1, 0.15) is 0 Å². The second kappa shape index (κ2) is 6.08. The van der Waals surface area contributed by atoms with Gasteiger partial charge in [0.05, 0.1) is 12.2 Å². The molecular weight excluding hydrogens is 284 g/mol. The van der Waals surface area contributed by atoms with E-state index in [-0.39, 0.29) is 16.4 Å². The van der Waals surface area contributed by atoms with Crippen LogP contribution in [-0.4, -0.2) is 32.0 Å². The SMILES string of the molecule is CC(C)N(Cc1ccccn1)C(=O)c1nnc(Cl)s1. The Morgan fingerprint density at radius 2 is 2.21 bits per heavy atom. The highest BCUT2D eigenvalue weighted by molar-refractivity contribution is 7.17. The summed E-state index contributed by atoms with van der Waals surface area (Å²) in [5.74, 6) is -0.176. The van der Waals surface area contributed by atoms with E-state index >= 15 is 0 Å². The lowest BCUT2D eigenvalue weighted by Crippen LogP contribution is -2.36. The molecule has 0 aliphatic heterocycles. The van der Waals surface area contributed by atoms with Crippen LogP contribution in [0.4, 0.5) is 0 Å². The van der Waals surface area contributed by atoms with Crippen LogP contribution in [0, 0.1) is 0 Å². The van der Waals surface area contributed by atoms with E-state index in [0.717, 1.165) is 17.0 Å². The quantitative estimate of drug-likeness (QED) is 0.870. The summed E-state index contributed by atoms with van der Waals surface area (Å²) < 4.78 is 0.268. The van der Waals surface area contributed by atoms with Crippen molar-refractivity contribution in [1.82, 2.24) is 20.1 Å². The third kappa shape index (κ3) is 3.48. The molecule has 0 bridgehead atoms. The van der Waals surface area contributed by atoms with Crippen LogP contribution < -0.4 is 0 Å². The molecule has 0 saturated heterocycles. The van der Waals surface area contributed by atoms with Crippen molar-refractivity contribution in [2.45, 2.75) is 26.4 Å². The van der Waals surface area contributed by atoms with E-state index in [0.29, 0.717) is 11.6 Å². The lowest BCUT2D eigenvalue weighted by molar-refractivity contribution is 0.0686. The van der Waals surface area contributed by atoms with Crippen molar-refractivity contribution in [3.63, 3.8) is 0 Å². The van der Waals surface area contributed by atoms with Gasteiger partial charge in [-0.1, -0.05) is 17.4 Å². The first-order valence-corrected chi connectivity index (χ1v) is 6.97. The fourth-order valence-electron chi connectivity index (χ4n) is 1.57. The summed E-state index contributed by atoms with van der Waals surface area (Å²) in [5, 5.41) is 7.74. The number of carbonyl (C=O) groups is 1. The van der Waals surface area contributed by atoms with E-state index < -0.39 is 0 Å². The fraction of sp³-hybridized carbons (Fsp3) is 0.333. The van der Waals surface area contributed by atoms with Gasteiger partial charge in [-0.15, -0.1) is 10.2 Å². The third-order valence-corrected chi connectivity index (χ3v) is 3.53. The van der Waals surface area contributed by atoms with Gasteiger partial charge in [0.15, 0.2) is 0 Å². The van der Waals surface area contributed by atoms with Crippen LogP contribution in [0.2, 0.25) is 4.47 Å². The van der Waals surface area contributed by atoms with Crippen molar-refractivity contribution >= 4 is 28.8 Å². The topological polar surface area (TPSA) is 59.0 Å². The zero-order valence-corrected chi connectivity index (χ0v) is 12.1. The van der Waals surface area contributed by atoms with Crippen LogP contribution in [0.5, 0.6) is 0 Å². The summed E-state index contributed by atoms with van der Waals surface area (Å²) >= 11 is 6.79. The fourth-order valence-corrected chi connectivity index (χ4v) is 2.35. The number of aromatic nitrogens is 3. The summed E-state index contributed by atoms with van der Waals surface area (Å²) in [4.78, 5) is 18.3. The molecule has 2 aromatic heterocycles. The van der Waals surface area contributed by atoms with Crippen LogP contribution in [0.25, 0.3) is 0 Å². The Kier molecular flexibility index (Phi) is 4.44. The average molecular weight is 297 g/mol. The third-order valence-electron chi connectivity index (χ3n) is 2.53. The number of hydrogen-bond acceptors (Lipinski definition) is 5. The highest BCUT2D eigenvalue weighted by Crippen LogP contribution is 2.18. The standard InChI is InChI=1S/C12H13ClN4OS/c1-8(2)17(7-9-5-3-4-6-14-9)11(18)10-15-16-12(13)19-10/h3-6,8H,7H2,1-2H3. The van der Waals surface area contributed by atoms with Gasteiger partial charge in [0, 0.05) is 12.2 Å². The van der Waals surface area contributed by atoms with Crippen molar-refractivity contribution in [1.29, 1.82) is 0 Å². The normalized spacial score (nSPS) is 10.7. The van der Waals surface area contributed by atoms with Gasteiger partial charge in [0.2, 0.25) is 9.47 Å². The first kappa shape index (κ1) is 13.9. The average Bonchev–Trinajstić information content (AvgIpc) is 2.83. The molecule has 0 aliphatic carbocycles. The molecule has 0 spiro atoms. The Bertz CT molecular complexity index is 558. The molecule has 1 amide bonds. The molecule has 0 radical (unpaired) electrons. The minimum atomic E-state index is -0.176. The van der Waals surface area contributed by atoms with Gasteiger partial charge in [-0.3, -0.25) is 9.78 Å². The van der Waals surface area contributed by atoms with Crippen LogP contribution in [0.15, 0.2) is 24.4 Å². The van der Waals surface area contributed by atoms with Gasteiger partial charge in [-0.2, -0.15) is 0 Å². The molecule has 0 N–H and O–H groups in total. The Labute approximate surface area is 120 Å². The van der Waals surface area contributed by atoms with Gasteiger partial charge in [0.25, 0.3) is 5.91 Å².